The molecule has 0 aromatic heterocycles. The monoisotopic (exact) mass is 331 g/mol. The Morgan fingerprint density at radius 1 is 1.04 bits per heavy atom. The van der Waals surface area contributed by atoms with Crippen LogP contribution in [0.5, 0.6) is 0 Å². The fourth-order valence-electron chi connectivity index (χ4n) is 2.38. The van der Waals surface area contributed by atoms with E-state index in [1.807, 2.05) is 24.3 Å². The Morgan fingerprint density at radius 3 is 2.22 bits per heavy atom. The van der Waals surface area contributed by atoms with Crippen molar-refractivity contribution in [3.8, 4) is 0 Å². The third-order valence-corrected chi connectivity index (χ3v) is 5.12. The van der Waals surface area contributed by atoms with Gasteiger partial charge in [-0.05, 0) is 36.1 Å². The molecule has 0 aliphatic rings. The van der Waals surface area contributed by atoms with E-state index >= 15 is 0 Å². The second-order valence-corrected chi connectivity index (χ2v) is 7.53. The Kier molecular flexibility index (Phi) is 5.34. The zero-order valence-electron chi connectivity index (χ0n) is 13.5. The Bertz CT molecular complexity index is 793. The molecule has 0 aliphatic heterocycles. The molecule has 0 bridgehead atoms. The van der Waals surface area contributed by atoms with Gasteiger partial charge in [0.15, 0.2) is 5.78 Å². The molecule has 0 aliphatic carbocycles. The molecule has 2 aromatic rings. The van der Waals surface area contributed by atoms with Crippen molar-refractivity contribution in [1.29, 1.82) is 0 Å². The molecular weight excluding hydrogens is 310 g/mol. The second kappa shape index (κ2) is 7.06. The molecule has 0 saturated carbocycles. The number of Topliss-reactive ketones (excluding diaryl/α,β-unsaturated/α-hetero) is 1. The Labute approximate surface area is 137 Å². The SMILES string of the molecule is CC(=O)c1ccc(S(=O)(=O)NCc2ccccc2C(C)C)cc1. The van der Waals surface area contributed by atoms with Crippen LogP contribution < -0.4 is 4.72 Å². The van der Waals surface area contributed by atoms with Crippen molar-refractivity contribution < 1.29 is 13.2 Å². The first-order valence-electron chi connectivity index (χ1n) is 7.49. The van der Waals surface area contributed by atoms with Gasteiger partial charge >= 0.3 is 0 Å². The van der Waals surface area contributed by atoms with Crippen molar-refractivity contribution in [1.82, 2.24) is 4.72 Å². The minimum absolute atomic E-state index is 0.0900. The zero-order valence-corrected chi connectivity index (χ0v) is 14.4. The third-order valence-electron chi connectivity index (χ3n) is 3.70. The van der Waals surface area contributed by atoms with E-state index in [2.05, 4.69) is 18.6 Å². The number of ketones is 1. The molecule has 122 valence electrons. The highest BCUT2D eigenvalue weighted by molar-refractivity contribution is 7.89. The number of sulfonamides is 1. The fourth-order valence-corrected chi connectivity index (χ4v) is 3.39. The average Bonchev–Trinajstić information content (AvgIpc) is 2.53. The predicted octanol–water partition coefficient (Wildman–Crippen LogP) is 3.49. The van der Waals surface area contributed by atoms with Crippen LogP contribution in [0.2, 0.25) is 0 Å². The number of hydrogen-bond donors (Lipinski definition) is 1. The molecule has 0 radical (unpaired) electrons. The molecule has 0 saturated heterocycles. The lowest BCUT2D eigenvalue weighted by Crippen LogP contribution is -2.24. The van der Waals surface area contributed by atoms with Crippen molar-refractivity contribution >= 4 is 15.8 Å². The lowest BCUT2D eigenvalue weighted by Gasteiger charge is -2.13. The first-order valence-corrected chi connectivity index (χ1v) is 8.98. The molecule has 0 spiro atoms. The van der Waals surface area contributed by atoms with Crippen LogP contribution >= 0.6 is 0 Å². The van der Waals surface area contributed by atoms with Gasteiger partial charge in [-0.3, -0.25) is 4.79 Å². The molecule has 1 N–H and O–H groups in total. The Hall–Kier alpha value is -1.98. The van der Waals surface area contributed by atoms with Crippen LogP contribution in [0.25, 0.3) is 0 Å². The first-order chi connectivity index (χ1) is 10.8. The zero-order chi connectivity index (χ0) is 17.0. The molecule has 0 fully saturated rings. The summed E-state index contributed by atoms with van der Waals surface area (Å²) in [5, 5.41) is 0. The largest absolute Gasteiger partial charge is 0.295 e. The second-order valence-electron chi connectivity index (χ2n) is 5.76. The van der Waals surface area contributed by atoms with Gasteiger partial charge in [-0.25, -0.2) is 13.1 Å². The fraction of sp³-hybridized carbons (Fsp3) is 0.278. The summed E-state index contributed by atoms with van der Waals surface area (Å²) in [6.07, 6.45) is 0. The van der Waals surface area contributed by atoms with E-state index < -0.39 is 10.0 Å². The summed E-state index contributed by atoms with van der Waals surface area (Å²) < 4.78 is 27.4. The van der Waals surface area contributed by atoms with Gasteiger partial charge in [-0.2, -0.15) is 0 Å². The maximum atomic E-state index is 12.4. The standard InChI is InChI=1S/C18H21NO3S/c1-13(2)18-7-5-4-6-16(18)12-19-23(21,22)17-10-8-15(9-11-17)14(3)20/h4-11,13,19H,12H2,1-3H3. The number of carbonyl (C=O) groups is 1. The lowest BCUT2D eigenvalue weighted by molar-refractivity contribution is 0.101. The Balaban J connectivity index is 2.18. The number of benzene rings is 2. The highest BCUT2D eigenvalue weighted by atomic mass is 32.2. The van der Waals surface area contributed by atoms with Gasteiger partial charge in [0.05, 0.1) is 4.90 Å². The van der Waals surface area contributed by atoms with Crippen LogP contribution in [0.3, 0.4) is 0 Å². The predicted molar refractivity (Wildman–Crippen MR) is 91.0 cm³/mol. The summed E-state index contributed by atoms with van der Waals surface area (Å²) in [5.41, 5.74) is 2.59. The van der Waals surface area contributed by atoms with E-state index in [0.717, 1.165) is 11.1 Å². The molecule has 4 nitrogen and oxygen atoms in total. The van der Waals surface area contributed by atoms with Gasteiger partial charge in [0.25, 0.3) is 0 Å². The number of nitrogens with one attached hydrogen (secondary N) is 1. The van der Waals surface area contributed by atoms with Gasteiger partial charge in [0.2, 0.25) is 10.0 Å². The van der Waals surface area contributed by atoms with E-state index in [-0.39, 0.29) is 17.2 Å². The van der Waals surface area contributed by atoms with E-state index in [9.17, 15) is 13.2 Å². The summed E-state index contributed by atoms with van der Waals surface area (Å²) >= 11 is 0. The number of carbonyl (C=O) groups excluding carboxylic acids is 1. The molecule has 5 heteroatoms. The van der Waals surface area contributed by atoms with E-state index in [0.29, 0.717) is 11.5 Å². The molecule has 23 heavy (non-hydrogen) atoms. The highest BCUT2D eigenvalue weighted by Gasteiger charge is 2.15. The maximum absolute atomic E-state index is 12.4. The minimum Gasteiger partial charge on any atom is -0.295 e. The van der Waals surface area contributed by atoms with Gasteiger partial charge < -0.3 is 0 Å². The molecule has 0 atom stereocenters. The van der Waals surface area contributed by atoms with Crippen molar-refractivity contribution in [3.63, 3.8) is 0 Å². The molecule has 2 rings (SSSR count). The van der Waals surface area contributed by atoms with Crippen LogP contribution in [-0.2, 0) is 16.6 Å². The first kappa shape index (κ1) is 17.4. The normalized spacial score (nSPS) is 11.7. The minimum atomic E-state index is -3.60. The van der Waals surface area contributed by atoms with Crippen LogP contribution in [0.4, 0.5) is 0 Å². The molecule has 0 amide bonds. The summed E-state index contributed by atoms with van der Waals surface area (Å²) in [6.45, 7) is 5.84. The van der Waals surface area contributed by atoms with E-state index in [4.69, 9.17) is 0 Å². The van der Waals surface area contributed by atoms with Crippen molar-refractivity contribution in [2.75, 3.05) is 0 Å². The maximum Gasteiger partial charge on any atom is 0.240 e. The molecular formula is C18H21NO3S. The van der Waals surface area contributed by atoms with Crippen molar-refractivity contribution in [2.24, 2.45) is 0 Å². The third kappa shape index (κ3) is 4.27. The molecule has 0 unspecified atom stereocenters. The summed E-state index contributed by atoms with van der Waals surface area (Å²) in [7, 11) is -3.60. The molecule has 2 aromatic carbocycles. The number of rotatable bonds is 6. The summed E-state index contributed by atoms with van der Waals surface area (Å²) in [5.74, 6) is 0.235. The highest BCUT2D eigenvalue weighted by Crippen LogP contribution is 2.20. The van der Waals surface area contributed by atoms with Gasteiger partial charge in [0, 0.05) is 12.1 Å². The van der Waals surface area contributed by atoms with Gasteiger partial charge in [-0.15, -0.1) is 0 Å². The van der Waals surface area contributed by atoms with Gasteiger partial charge in [0.1, 0.15) is 0 Å². The van der Waals surface area contributed by atoms with Crippen LogP contribution in [-0.4, -0.2) is 14.2 Å². The van der Waals surface area contributed by atoms with Crippen molar-refractivity contribution in [2.45, 2.75) is 38.1 Å². The number of hydrogen-bond acceptors (Lipinski definition) is 3. The lowest BCUT2D eigenvalue weighted by atomic mass is 9.97. The van der Waals surface area contributed by atoms with Crippen LogP contribution in [0, 0.1) is 0 Å². The molecule has 0 heterocycles. The quantitative estimate of drug-likeness (QED) is 0.824. The van der Waals surface area contributed by atoms with E-state index in [1.165, 1.54) is 31.2 Å². The van der Waals surface area contributed by atoms with Crippen molar-refractivity contribution in [3.05, 3.63) is 65.2 Å². The van der Waals surface area contributed by atoms with Gasteiger partial charge in [-0.1, -0.05) is 50.2 Å². The average molecular weight is 331 g/mol. The summed E-state index contributed by atoms with van der Waals surface area (Å²) in [4.78, 5) is 11.4. The summed E-state index contributed by atoms with van der Waals surface area (Å²) in [6, 6.07) is 13.7. The Morgan fingerprint density at radius 2 is 1.65 bits per heavy atom. The van der Waals surface area contributed by atoms with Crippen LogP contribution in [0.15, 0.2) is 53.4 Å². The van der Waals surface area contributed by atoms with E-state index in [1.54, 1.807) is 0 Å². The van der Waals surface area contributed by atoms with Crippen LogP contribution in [0.1, 0.15) is 48.2 Å². The smallest absolute Gasteiger partial charge is 0.240 e. The topological polar surface area (TPSA) is 63.2 Å².